The average Bonchev–Trinajstić information content (AvgIpc) is 3.38. The molecule has 0 bridgehead atoms. The Morgan fingerprint density at radius 1 is 0.514 bits per heavy atom. The van der Waals surface area contributed by atoms with E-state index in [1.165, 1.54) is 0 Å². The molecule has 1 heterocycles. The smallest absolute Gasteiger partial charge is 0.227 e. The Labute approximate surface area is 204 Å². The van der Waals surface area contributed by atoms with Gasteiger partial charge in [-0.2, -0.15) is 0 Å². The Morgan fingerprint density at radius 3 is 1.89 bits per heavy atom. The Morgan fingerprint density at radius 2 is 1.14 bits per heavy atom. The number of nitrogens with zero attached hydrogens (tertiary/aromatic N) is 1. The molecule has 5 aromatic carbocycles. The van der Waals surface area contributed by atoms with Crippen LogP contribution in [-0.2, 0) is 0 Å². The van der Waals surface area contributed by atoms with Crippen LogP contribution in [0.3, 0.4) is 0 Å². The highest BCUT2D eigenvalue weighted by Gasteiger charge is 2.18. The van der Waals surface area contributed by atoms with Gasteiger partial charge in [-0.15, -0.1) is 0 Å². The second-order valence-electron chi connectivity index (χ2n) is 8.42. The van der Waals surface area contributed by atoms with E-state index >= 15 is 0 Å². The molecule has 0 aliphatic heterocycles. The largest absolute Gasteiger partial charge is 0.435 e. The van der Waals surface area contributed by atoms with Gasteiger partial charge in [-0.1, -0.05) is 127 Å². The standard InChI is InChI=1S/C33H23NO/c1-4-12-24(13-5-1)22-23-27-18-10-20-29(31(27)26-16-8-3-9-17-26)33-34-30-21-11-19-28(32(30)35-33)25-14-6-2-7-15-25/h1-23H. The Balaban J connectivity index is 1.53. The predicted octanol–water partition coefficient (Wildman–Crippen LogP) is 9.00. The predicted molar refractivity (Wildman–Crippen MR) is 146 cm³/mol. The van der Waals surface area contributed by atoms with Crippen LogP contribution in [0.15, 0.2) is 132 Å². The van der Waals surface area contributed by atoms with Gasteiger partial charge >= 0.3 is 0 Å². The van der Waals surface area contributed by atoms with E-state index in [9.17, 15) is 0 Å². The highest BCUT2D eigenvalue weighted by molar-refractivity contribution is 5.94. The molecule has 0 aliphatic carbocycles. The first-order valence-electron chi connectivity index (χ1n) is 11.7. The van der Waals surface area contributed by atoms with Gasteiger partial charge in [-0.3, -0.25) is 0 Å². The minimum Gasteiger partial charge on any atom is -0.435 e. The van der Waals surface area contributed by atoms with E-state index in [0.717, 1.165) is 50.0 Å². The maximum atomic E-state index is 6.48. The molecule has 0 fully saturated rings. The lowest BCUT2D eigenvalue weighted by molar-refractivity contribution is 0.621. The lowest BCUT2D eigenvalue weighted by Gasteiger charge is -2.11. The molecular weight excluding hydrogens is 426 g/mol. The van der Waals surface area contributed by atoms with Crippen LogP contribution in [0.1, 0.15) is 11.1 Å². The van der Waals surface area contributed by atoms with Crippen LogP contribution in [0.2, 0.25) is 0 Å². The Bertz CT molecular complexity index is 1610. The minimum absolute atomic E-state index is 0.622. The van der Waals surface area contributed by atoms with Crippen LogP contribution in [0, 0.1) is 0 Å². The molecule has 0 spiro atoms. The summed E-state index contributed by atoms with van der Waals surface area (Å²) in [6.45, 7) is 0. The van der Waals surface area contributed by atoms with Crippen molar-refractivity contribution in [3.63, 3.8) is 0 Å². The van der Waals surface area contributed by atoms with Crippen molar-refractivity contribution in [3.05, 3.63) is 139 Å². The van der Waals surface area contributed by atoms with E-state index in [1.807, 2.05) is 42.5 Å². The molecule has 6 rings (SSSR count). The van der Waals surface area contributed by atoms with Gasteiger partial charge in [0.2, 0.25) is 5.89 Å². The first-order chi connectivity index (χ1) is 17.4. The fourth-order valence-corrected chi connectivity index (χ4v) is 4.47. The zero-order valence-corrected chi connectivity index (χ0v) is 19.1. The van der Waals surface area contributed by atoms with Crippen molar-refractivity contribution in [2.75, 3.05) is 0 Å². The summed E-state index contributed by atoms with van der Waals surface area (Å²) in [5.41, 5.74) is 9.29. The van der Waals surface area contributed by atoms with Crippen molar-refractivity contribution in [1.29, 1.82) is 0 Å². The molecular formula is C33H23NO. The van der Waals surface area contributed by atoms with E-state index < -0.39 is 0 Å². The monoisotopic (exact) mass is 449 g/mol. The maximum Gasteiger partial charge on any atom is 0.227 e. The van der Waals surface area contributed by atoms with Crippen molar-refractivity contribution < 1.29 is 4.42 Å². The Hall–Kier alpha value is -4.69. The summed E-state index contributed by atoms with van der Waals surface area (Å²) in [4.78, 5) is 4.92. The fraction of sp³-hybridized carbons (Fsp3) is 0. The molecule has 0 aliphatic rings. The second kappa shape index (κ2) is 9.28. The molecule has 0 saturated heterocycles. The van der Waals surface area contributed by atoms with Gasteiger partial charge in [0.05, 0.1) is 0 Å². The van der Waals surface area contributed by atoms with E-state index in [4.69, 9.17) is 9.40 Å². The van der Waals surface area contributed by atoms with Crippen molar-refractivity contribution in [2.24, 2.45) is 0 Å². The molecule has 6 aromatic rings. The molecule has 1 aromatic heterocycles. The van der Waals surface area contributed by atoms with E-state index in [-0.39, 0.29) is 0 Å². The quantitative estimate of drug-likeness (QED) is 0.245. The number of rotatable bonds is 5. The van der Waals surface area contributed by atoms with Crippen molar-refractivity contribution >= 4 is 23.3 Å². The summed E-state index contributed by atoms with van der Waals surface area (Å²) in [5.74, 6) is 0.622. The number of benzene rings is 5. The summed E-state index contributed by atoms with van der Waals surface area (Å²) in [5, 5.41) is 0. The molecule has 0 unspecified atom stereocenters. The SMILES string of the molecule is C(=Cc1cccc(-c2nc3cccc(-c4ccccc4)c3o2)c1-c1ccccc1)c1ccccc1. The number of fused-ring (bicyclic) bond motifs is 1. The molecule has 0 amide bonds. The van der Waals surface area contributed by atoms with E-state index in [1.54, 1.807) is 0 Å². The zero-order valence-electron chi connectivity index (χ0n) is 19.1. The van der Waals surface area contributed by atoms with Crippen LogP contribution >= 0.6 is 0 Å². The molecule has 2 heteroatoms. The molecule has 166 valence electrons. The lowest BCUT2D eigenvalue weighted by Crippen LogP contribution is -1.89. The number of hydrogen-bond donors (Lipinski definition) is 0. The third kappa shape index (κ3) is 4.18. The third-order valence-corrected chi connectivity index (χ3v) is 6.14. The normalized spacial score (nSPS) is 11.3. The zero-order chi connectivity index (χ0) is 23.5. The number of hydrogen-bond acceptors (Lipinski definition) is 2. The van der Waals surface area contributed by atoms with Crippen LogP contribution < -0.4 is 0 Å². The van der Waals surface area contributed by atoms with Gasteiger partial charge in [0.1, 0.15) is 5.52 Å². The molecule has 2 nitrogen and oxygen atoms in total. The highest BCUT2D eigenvalue weighted by atomic mass is 16.3. The van der Waals surface area contributed by atoms with Crippen molar-refractivity contribution in [2.45, 2.75) is 0 Å². The van der Waals surface area contributed by atoms with Gasteiger partial charge in [-0.05, 0) is 34.4 Å². The highest BCUT2D eigenvalue weighted by Crippen LogP contribution is 2.38. The number of aromatic nitrogens is 1. The molecule has 0 N–H and O–H groups in total. The number of para-hydroxylation sites is 1. The second-order valence-corrected chi connectivity index (χ2v) is 8.42. The van der Waals surface area contributed by atoms with Crippen molar-refractivity contribution in [1.82, 2.24) is 4.98 Å². The maximum absolute atomic E-state index is 6.48. The summed E-state index contributed by atoms with van der Waals surface area (Å²) in [6.07, 6.45) is 4.31. The Kier molecular flexibility index (Phi) is 5.54. The summed E-state index contributed by atoms with van der Waals surface area (Å²) >= 11 is 0. The van der Waals surface area contributed by atoms with Gasteiger partial charge in [-0.25, -0.2) is 4.98 Å². The van der Waals surface area contributed by atoms with E-state index in [2.05, 4.69) is 97.1 Å². The third-order valence-electron chi connectivity index (χ3n) is 6.14. The molecule has 0 radical (unpaired) electrons. The van der Waals surface area contributed by atoms with E-state index in [0.29, 0.717) is 5.89 Å². The van der Waals surface area contributed by atoms with Crippen LogP contribution in [0.4, 0.5) is 0 Å². The van der Waals surface area contributed by atoms with Crippen LogP contribution in [0.25, 0.3) is 57.0 Å². The van der Waals surface area contributed by atoms with Gasteiger partial charge in [0.25, 0.3) is 0 Å². The van der Waals surface area contributed by atoms with Gasteiger partial charge in [0, 0.05) is 16.7 Å². The van der Waals surface area contributed by atoms with Gasteiger partial charge in [0.15, 0.2) is 5.58 Å². The summed E-state index contributed by atoms with van der Waals surface area (Å²) in [6, 6.07) is 43.5. The molecule has 0 atom stereocenters. The van der Waals surface area contributed by atoms with Crippen molar-refractivity contribution in [3.8, 4) is 33.7 Å². The summed E-state index contributed by atoms with van der Waals surface area (Å²) < 4.78 is 6.48. The average molecular weight is 450 g/mol. The first kappa shape index (κ1) is 20.9. The molecule has 0 saturated carbocycles. The summed E-state index contributed by atoms with van der Waals surface area (Å²) in [7, 11) is 0. The topological polar surface area (TPSA) is 26.0 Å². The first-order valence-corrected chi connectivity index (χ1v) is 11.7. The fourth-order valence-electron chi connectivity index (χ4n) is 4.47. The number of oxazole rings is 1. The molecule has 35 heavy (non-hydrogen) atoms. The minimum atomic E-state index is 0.622. The van der Waals surface area contributed by atoms with Crippen LogP contribution in [0.5, 0.6) is 0 Å². The van der Waals surface area contributed by atoms with Crippen LogP contribution in [-0.4, -0.2) is 4.98 Å². The van der Waals surface area contributed by atoms with Gasteiger partial charge < -0.3 is 4.42 Å². The lowest BCUT2D eigenvalue weighted by atomic mass is 9.93.